The summed E-state index contributed by atoms with van der Waals surface area (Å²) in [5.41, 5.74) is 0.890. The minimum Gasteiger partial charge on any atom is -0.354 e. The standard InChI is InChI=1S/C16H24N2O.ClH/c1-2-17-12-13-18-15(19)16(10-6-7-11-16)14-8-4-3-5-9-14;/h3-5,8-9,17H,2,6-7,10-13H2,1H3,(H,18,19);1H. The first-order valence-corrected chi connectivity index (χ1v) is 7.34. The Labute approximate surface area is 127 Å². The summed E-state index contributed by atoms with van der Waals surface area (Å²) in [5, 5.41) is 6.33. The topological polar surface area (TPSA) is 41.1 Å². The van der Waals surface area contributed by atoms with Gasteiger partial charge in [0.25, 0.3) is 0 Å². The highest BCUT2D eigenvalue weighted by Crippen LogP contribution is 2.41. The second-order valence-electron chi connectivity index (χ2n) is 5.26. The van der Waals surface area contributed by atoms with E-state index in [2.05, 4.69) is 29.7 Å². The van der Waals surface area contributed by atoms with E-state index in [1.54, 1.807) is 0 Å². The smallest absolute Gasteiger partial charge is 0.230 e. The molecule has 20 heavy (non-hydrogen) atoms. The molecule has 1 fully saturated rings. The molecular formula is C16H25ClN2O. The number of hydrogen-bond acceptors (Lipinski definition) is 2. The number of amides is 1. The lowest BCUT2D eigenvalue weighted by molar-refractivity contribution is -0.126. The zero-order valence-electron chi connectivity index (χ0n) is 12.2. The van der Waals surface area contributed by atoms with E-state index < -0.39 is 0 Å². The van der Waals surface area contributed by atoms with Gasteiger partial charge in [-0.05, 0) is 24.9 Å². The lowest BCUT2D eigenvalue weighted by Crippen LogP contribution is -2.44. The predicted molar refractivity (Wildman–Crippen MR) is 85.4 cm³/mol. The van der Waals surface area contributed by atoms with Crippen LogP contribution in [-0.2, 0) is 10.2 Å². The normalized spacial score (nSPS) is 16.4. The van der Waals surface area contributed by atoms with Crippen LogP contribution >= 0.6 is 12.4 Å². The Hall–Kier alpha value is -1.06. The summed E-state index contributed by atoms with van der Waals surface area (Å²) in [6.45, 7) is 4.57. The van der Waals surface area contributed by atoms with Gasteiger partial charge in [0.15, 0.2) is 0 Å². The van der Waals surface area contributed by atoms with Crippen LogP contribution in [0.2, 0.25) is 0 Å². The SMILES string of the molecule is CCNCCNC(=O)C1(c2ccccc2)CCCC1.Cl. The van der Waals surface area contributed by atoms with E-state index in [-0.39, 0.29) is 23.7 Å². The summed E-state index contributed by atoms with van der Waals surface area (Å²) in [6, 6.07) is 10.3. The Kier molecular flexibility index (Phi) is 7.03. The van der Waals surface area contributed by atoms with Crippen molar-refractivity contribution in [3.63, 3.8) is 0 Å². The number of hydrogen-bond donors (Lipinski definition) is 2. The van der Waals surface area contributed by atoms with Crippen molar-refractivity contribution in [3.05, 3.63) is 35.9 Å². The summed E-state index contributed by atoms with van der Waals surface area (Å²) < 4.78 is 0. The first kappa shape index (κ1) is 17.0. The molecule has 0 saturated heterocycles. The Morgan fingerprint density at radius 2 is 1.80 bits per heavy atom. The molecule has 112 valence electrons. The zero-order valence-corrected chi connectivity index (χ0v) is 13.0. The first-order valence-electron chi connectivity index (χ1n) is 7.34. The van der Waals surface area contributed by atoms with Crippen LogP contribution in [0.5, 0.6) is 0 Å². The van der Waals surface area contributed by atoms with Gasteiger partial charge in [0.1, 0.15) is 0 Å². The molecule has 4 heteroatoms. The van der Waals surface area contributed by atoms with Crippen LogP contribution in [0.15, 0.2) is 30.3 Å². The van der Waals surface area contributed by atoms with Gasteiger partial charge < -0.3 is 10.6 Å². The van der Waals surface area contributed by atoms with Gasteiger partial charge in [-0.3, -0.25) is 4.79 Å². The van der Waals surface area contributed by atoms with E-state index in [0.717, 1.165) is 38.8 Å². The molecule has 1 amide bonds. The largest absolute Gasteiger partial charge is 0.354 e. The summed E-state index contributed by atoms with van der Waals surface area (Å²) in [6.07, 6.45) is 4.25. The van der Waals surface area contributed by atoms with Crippen LogP contribution in [0.1, 0.15) is 38.2 Å². The molecule has 1 aromatic rings. The van der Waals surface area contributed by atoms with Crippen LogP contribution in [0.25, 0.3) is 0 Å². The minimum absolute atomic E-state index is 0. The third-order valence-corrected chi connectivity index (χ3v) is 4.06. The number of nitrogens with one attached hydrogen (secondary N) is 2. The molecule has 1 aliphatic rings. The average molecular weight is 297 g/mol. The molecule has 2 rings (SSSR count). The van der Waals surface area contributed by atoms with E-state index in [0.29, 0.717) is 6.54 Å². The maximum atomic E-state index is 12.6. The number of carbonyl (C=O) groups excluding carboxylic acids is 1. The molecule has 0 unspecified atom stereocenters. The monoisotopic (exact) mass is 296 g/mol. The molecule has 0 aliphatic heterocycles. The highest BCUT2D eigenvalue weighted by molar-refractivity contribution is 5.88. The number of carbonyl (C=O) groups is 1. The Balaban J connectivity index is 0.00000200. The quantitative estimate of drug-likeness (QED) is 0.793. The van der Waals surface area contributed by atoms with E-state index in [9.17, 15) is 4.79 Å². The van der Waals surface area contributed by atoms with Gasteiger partial charge in [0.05, 0.1) is 5.41 Å². The third kappa shape index (κ3) is 3.74. The van der Waals surface area contributed by atoms with Gasteiger partial charge in [-0.1, -0.05) is 50.1 Å². The van der Waals surface area contributed by atoms with Crippen molar-refractivity contribution in [1.29, 1.82) is 0 Å². The fourth-order valence-corrected chi connectivity index (χ4v) is 2.99. The second kappa shape index (κ2) is 8.28. The molecule has 0 atom stereocenters. The summed E-state index contributed by atoms with van der Waals surface area (Å²) in [7, 11) is 0. The second-order valence-corrected chi connectivity index (χ2v) is 5.26. The Morgan fingerprint density at radius 3 is 2.40 bits per heavy atom. The van der Waals surface area contributed by atoms with Crippen molar-refractivity contribution in [2.24, 2.45) is 0 Å². The lowest BCUT2D eigenvalue weighted by Gasteiger charge is -2.28. The van der Waals surface area contributed by atoms with Crippen LogP contribution in [-0.4, -0.2) is 25.5 Å². The molecule has 0 radical (unpaired) electrons. The van der Waals surface area contributed by atoms with Crippen LogP contribution < -0.4 is 10.6 Å². The van der Waals surface area contributed by atoms with Crippen molar-refractivity contribution >= 4 is 18.3 Å². The van der Waals surface area contributed by atoms with E-state index >= 15 is 0 Å². The number of likely N-dealkylation sites (N-methyl/N-ethyl adjacent to an activating group) is 1. The van der Waals surface area contributed by atoms with Gasteiger partial charge in [-0.15, -0.1) is 12.4 Å². The molecule has 0 bridgehead atoms. The summed E-state index contributed by atoms with van der Waals surface area (Å²) in [5.74, 6) is 0.203. The molecular weight excluding hydrogens is 272 g/mol. The number of rotatable bonds is 6. The molecule has 0 heterocycles. The Morgan fingerprint density at radius 1 is 1.15 bits per heavy atom. The van der Waals surface area contributed by atoms with Crippen molar-refractivity contribution < 1.29 is 4.79 Å². The Bertz CT molecular complexity index is 402. The van der Waals surface area contributed by atoms with Crippen LogP contribution in [0, 0.1) is 0 Å². The van der Waals surface area contributed by atoms with E-state index in [1.807, 2.05) is 18.2 Å². The maximum absolute atomic E-state index is 12.6. The maximum Gasteiger partial charge on any atom is 0.230 e. The van der Waals surface area contributed by atoms with Crippen molar-refractivity contribution in [3.8, 4) is 0 Å². The van der Waals surface area contributed by atoms with E-state index in [4.69, 9.17) is 0 Å². The minimum atomic E-state index is -0.284. The van der Waals surface area contributed by atoms with Crippen LogP contribution in [0.4, 0.5) is 0 Å². The average Bonchev–Trinajstić information content (AvgIpc) is 2.95. The van der Waals surface area contributed by atoms with Gasteiger partial charge in [-0.2, -0.15) is 0 Å². The zero-order chi connectivity index (χ0) is 13.6. The fourth-order valence-electron chi connectivity index (χ4n) is 2.99. The number of halogens is 1. The van der Waals surface area contributed by atoms with Crippen molar-refractivity contribution in [2.75, 3.05) is 19.6 Å². The lowest BCUT2D eigenvalue weighted by atomic mass is 9.78. The predicted octanol–water partition coefficient (Wildman–Crippen LogP) is 2.65. The first-order chi connectivity index (χ1) is 9.29. The molecule has 3 nitrogen and oxygen atoms in total. The summed E-state index contributed by atoms with van der Waals surface area (Å²) >= 11 is 0. The highest BCUT2D eigenvalue weighted by Gasteiger charge is 2.42. The van der Waals surface area contributed by atoms with Crippen LogP contribution in [0.3, 0.4) is 0 Å². The number of benzene rings is 1. The van der Waals surface area contributed by atoms with Crippen molar-refractivity contribution in [1.82, 2.24) is 10.6 Å². The van der Waals surface area contributed by atoms with Gasteiger partial charge in [-0.25, -0.2) is 0 Å². The van der Waals surface area contributed by atoms with E-state index in [1.165, 1.54) is 5.56 Å². The molecule has 1 saturated carbocycles. The molecule has 1 aromatic carbocycles. The third-order valence-electron chi connectivity index (χ3n) is 4.06. The fraction of sp³-hybridized carbons (Fsp3) is 0.562. The molecule has 0 spiro atoms. The molecule has 1 aliphatic carbocycles. The van der Waals surface area contributed by atoms with Crippen molar-refractivity contribution in [2.45, 2.75) is 38.0 Å². The highest BCUT2D eigenvalue weighted by atomic mass is 35.5. The molecule has 0 aromatic heterocycles. The van der Waals surface area contributed by atoms with Gasteiger partial charge in [0, 0.05) is 13.1 Å². The van der Waals surface area contributed by atoms with Gasteiger partial charge >= 0.3 is 0 Å². The summed E-state index contributed by atoms with van der Waals surface area (Å²) in [4.78, 5) is 12.6. The molecule has 2 N–H and O–H groups in total. The van der Waals surface area contributed by atoms with Gasteiger partial charge in [0.2, 0.25) is 5.91 Å².